The molecular formula is C17H27NO. The Morgan fingerprint density at radius 2 is 1.79 bits per heavy atom. The first-order valence-electron chi connectivity index (χ1n) is 7.48. The molecule has 1 aliphatic carbocycles. The molecular weight excluding hydrogens is 234 g/mol. The van der Waals surface area contributed by atoms with E-state index >= 15 is 0 Å². The SMILES string of the molecule is Cc1cc([C@H](C)N)ccc1OC1CC(C)CC(C)C1. The normalized spacial score (nSPS) is 29.0. The maximum atomic E-state index is 6.22. The lowest BCUT2D eigenvalue weighted by molar-refractivity contribution is 0.100. The van der Waals surface area contributed by atoms with Gasteiger partial charge in [0.05, 0.1) is 6.10 Å². The van der Waals surface area contributed by atoms with E-state index in [0.29, 0.717) is 6.10 Å². The number of nitrogens with two attached hydrogens (primary N) is 1. The highest BCUT2D eigenvalue weighted by Gasteiger charge is 2.25. The van der Waals surface area contributed by atoms with Crippen LogP contribution in [0.5, 0.6) is 5.75 Å². The predicted octanol–water partition coefficient (Wildman–Crippen LogP) is 4.22. The van der Waals surface area contributed by atoms with Crippen molar-refractivity contribution >= 4 is 0 Å². The van der Waals surface area contributed by atoms with Crippen molar-refractivity contribution < 1.29 is 4.74 Å². The Hall–Kier alpha value is -1.02. The molecule has 0 bridgehead atoms. The number of hydrogen-bond acceptors (Lipinski definition) is 2. The van der Waals surface area contributed by atoms with Gasteiger partial charge in [0.15, 0.2) is 0 Å². The summed E-state index contributed by atoms with van der Waals surface area (Å²) in [5.41, 5.74) is 8.28. The molecule has 1 fully saturated rings. The summed E-state index contributed by atoms with van der Waals surface area (Å²) >= 11 is 0. The van der Waals surface area contributed by atoms with E-state index in [1.54, 1.807) is 0 Å². The van der Waals surface area contributed by atoms with Crippen LogP contribution >= 0.6 is 0 Å². The highest BCUT2D eigenvalue weighted by molar-refractivity contribution is 5.37. The van der Waals surface area contributed by atoms with Gasteiger partial charge in [0, 0.05) is 6.04 Å². The summed E-state index contributed by atoms with van der Waals surface area (Å²) in [6, 6.07) is 6.40. The zero-order chi connectivity index (χ0) is 14.0. The maximum absolute atomic E-state index is 6.22. The van der Waals surface area contributed by atoms with Crippen molar-refractivity contribution in [1.29, 1.82) is 0 Å². The van der Waals surface area contributed by atoms with Crippen LogP contribution in [-0.4, -0.2) is 6.10 Å². The zero-order valence-electron chi connectivity index (χ0n) is 12.6. The maximum Gasteiger partial charge on any atom is 0.122 e. The second-order valence-corrected chi connectivity index (χ2v) is 6.47. The fourth-order valence-electron chi connectivity index (χ4n) is 3.24. The second-order valence-electron chi connectivity index (χ2n) is 6.47. The Kier molecular flexibility index (Phi) is 4.51. The van der Waals surface area contributed by atoms with Crippen LogP contribution in [0.1, 0.15) is 57.2 Å². The van der Waals surface area contributed by atoms with E-state index in [1.807, 2.05) is 6.92 Å². The van der Waals surface area contributed by atoms with Crippen molar-refractivity contribution in [3.05, 3.63) is 29.3 Å². The van der Waals surface area contributed by atoms with E-state index in [0.717, 1.165) is 17.6 Å². The minimum atomic E-state index is 0.0856. The van der Waals surface area contributed by atoms with Crippen LogP contribution < -0.4 is 10.5 Å². The minimum Gasteiger partial charge on any atom is -0.490 e. The van der Waals surface area contributed by atoms with Gasteiger partial charge >= 0.3 is 0 Å². The van der Waals surface area contributed by atoms with E-state index in [9.17, 15) is 0 Å². The molecule has 0 amide bonds. The topological polar surface area (TPSA) is 35.2 Å². The van der Waals surface area contributed by atoms with Gasteiger partial charge in [0.1, 0.15) is 5.75 Å². The average Bonchev–Trinajstić information content (AvgIpc) is 2.30. The van der Waals surface area contributed by atoms with Gasteiger partial charge in [0.25, 0.3) is 0 Å². The highest BCUT2D eigenvalue weighted by atomic mass is 16.5. The van der Waals surface area contributed by atoms with Crippen LogP contribution in [0.25, 0.3) is 0 Å². The molecule has 1 aromatic rings. The fraction of sp³-hybridized carbons (Fsp3) is 0.647. The first-order valence-corrected chi connectivity index (χ1v) is 7.48. The minimum absolute atomic E-state index is 0.0856. The second kappa shape index (κ2) is 5.96. The first-order chi connectivity index (χ1) is 8.95. The molecule has 1 saturated carbocycles. The van der Waals surface area contributed by atoms with Crippen LogP contribution in [0.15, 0.2) is 18.2 Å². The van der Waals surface area contributed by atoms with Crippen molar-refractivity contribution in [1.82, 2.24) is 0 Å². The highest BCUT2D eigenvalue weighted by Crippen LogP contribution is 2.32. The largest absolute Gasteiger partial charge is 0.490 e. The lowest BCUT2D eigenvalue weighted by Gasteiger charge is -2.32. The molecule has 2 unspecified atom stereocenters. The molecule has 1 aliphatic rings. The first kappa shape index (κ1) is 14.4. The van der Waals surface area contributed by atoms with E-state index < -0.39 is 0 Å². The lowest BCUT2D eigenvalue weighted by Crippen LogP contribution is -2.28. The molecule has 0 heterocycles. The molecule has 2 nitrogen and oxygen atoms in total. The molecule has 2 rings (SSSR count). The predicted molar refractivity (Wildman–Crippen MR) is 80.4 cm³/mol. The Bertz CT molecular complexity index is 417. The Labute approximate surface area is 117 Å². The summed E-state index contributed by atoms with van der Waals surface area (Å²) in [5, 5.41) is 0. The van der Waals surface area contributed by atoms with E-state index in [1.165, 1.54) is 30.4 Å². The van der Waals surface area contributed by atoms with Crippen molar-refractivity contribution in [2.45, 2.75) is 59.1 Å². The zero-order valence-corrected chi connectivity index (χ0v) is 12.6. The third-order valence-electron chi connectivity index (χ3n) is 4.15. The van der Waals surface area contributed by atoms with Crippen LogP contribution in [0, 0.1) is 18.8 Å². The van der Waals surface area contributed by atoms with Gasteiger partial charge in [-0.3, -0.25) is 0 Å². The summed E-state index contributed by atoms with van der Waals surface area (Å²) in [6.45, 7) is 8.78. The number of benzene rings is 1. The van der Waals surface area contributed by atoms with Gasteiger partial charge in [-0.1, -0.05) is 26.0 Å². The summed E-state index contributed by atoms with van der Waals surface area (Å²) in [5.74, 6) is 2.57. The number of aryl methyl sites for hydroxylation is 1. The molecule has 0 radical (unpaired) electrons. The van der Waals surface area contributed by atoms with Crippen molar-refractivity contribution in [3.8, 4) is 5.75 Å². The summed E-state index contributed by atoms with van der Waals surface area (Å²) in [4.78, 5) is 0. The molecule has 0 aromatic heterocycles. The van der Waals surface area contributed by atoms with Crippen LogP contribution in [0.3, 0.4) is 0 Å². The van der Waals surface area contributed by atoms with Crippen molar-refractivity contribution in [2.75, 3.05) is 0 Å². The van der Waals surface area contributed by atoms with Gasteiger partial charge in [0.2, 0.25) is 0 Å². The summed E-state index contributed by atoms with van der Waals surface area (Å²) in [7, 11) is 0. The molecule has 2 N–H and O–H groups in total. The number of ether oxygens (including phenoxy) is 1. The molecule has 0 saturated heterocycles. The van der Waals surface area contributed by atoms with Crippen molar-refractivity contribution in [3.63, 3.8) is 0 Å². The molecule has 19 heavy (non-hydrogen) atoms. The van der Waals surface area contributed by atoms with Crippen LogP contribution in [0.2, 0.25) is 0 Å². The van der Waals surface area contributed by atoms with Crippen molar-refractivity contribution in [2.24, 2.45) is 17.6 Å². The number of hydrogen-bond donors (Lipinski definition) is 1. The van der Waals surface area contributed by atoms with E-state index in [-0.39, 0.29) is 6.04 Å². The molecule has 0 spiro atoms. The van der Waals surface area contributed by atoms with Gasteiger partial charge in [-0.05, 0) is 62.1 Å². The lowest BCUT2D eigenvalue weighted by atomic mass is 9.82. The molecule has 2 heteroatoms. The van der Waals surface area contributed by atoms with Gasteiger partial charge in [-0.25, -0.2) is 0 Å². The Balaban J connectivity index is 2.06. The molecule has 3 atom stereocenters. The van der Waals surface area contributed by atoms with Crippen LogP contribution in [-0.2, 0) is 0 Å². The average molecular weight is 261 g/mol. The van der Waals surface area contributed by atoms with Gasteiger partial charge < -0.3 is 10.5 Å². The third-order valence-corrected chi connectivity index (χ3v) is 4.15. The molecule has 1 aromatic carbocycles. The Morgan fingerprint density at radius 3 is 2.32 bits per heavy atom. The summed E-state index contributed by atoms with van der Waals surface area (Å²) in [6.07, 6.45) is 4.07. The summed E-state index contributed by atoms with van der Waals surface area (Å²) < 4.78 is 6.22. The smallest absolute Gasteiger partial charge is 0.122 e. The van der Waals surface area contributed by atoms with Crippen LogP contribution in [0.4, 0.5) is 0 Å². The Morgan fingerprint density at radius 1 is 1.16 bits per heavy atom. The third kappa shape index (κ3) is 3.73. The fourth-order valence-corrected chi connectivity index (χ4v) is 3.24. The van der Waals surface area contributed by atoms with E-state index in [2.05, 4.69) is 39.0 Å². The monoisotopic (exact) mass is 261 g/mol. The van der Waals surface area contributed by atoms with Gasteiger partial charge in [-0.2, -0.15) is 0 Å². The van der Waals surface area contributed by atoms with Gasteiger partial charge in [-0.15, -0.1) is 0 Å². The standard InChI is InChI=1S/C17H27NO/c1-11-7-12(2)9-16(8-11)19-17-6-5-15(14(4)18)10-13(17)3/h5-6,10-12,14,16H,7-9,18H2,1-4H3/t11?,12?,14-,16?/m0/s1. The quantitative estimate of drug-likeness (QED) is 0.884. The number of rotatable bonds is 3. The molecule has 106 valence electrons. The van der Waals surface area contributed by atoms with E-state index in [4.69, 9.17) is 10.5 Å². The molecule has 0 aliphatic heterocycles.